The molecule has 0 atom stereocenters. The van der Waals surface area contributed by atoms with Gasteiger partial charge in [0, 0.05) is 50.9 Å². The van der Waals surface area contributed by atoms with E-state index in [1.54, 1.807) is 6.33 Å². The number of aliphatic hydroxyl groups excluding tert-OH is 1. The van der Waals surface area contributed by atoms with Gasteiger partial charge < -0.3 is 15.3 Å². The predicted octanol–water partition coefficient (Wildman–Crippen LogP) is 4.01. The van der Waals surface area contributed by atoms with Crippen LogP contribution in [0.5, 0.6) is 0 Å². The molecule has 0 unspecified atom stereocenters. The molecule has 7 nitrogen and oxygen atoms in total. The molecular weight excluding hydrogens is 450 g/mol. The lowest BCUT2D eigenvalue weighted by Gasteiger charge is -2.56. The van der Waals surface area contributed by atoms with Gasteiger partial charge >= 0.3 is 0 Å². The summed E-state index contributed by atoms with van der Waals surface area (Å²) in [5.74, 6) is 3.45. The van der Waals surface area contributed by atoms with Crippen molar-refractivity contribution in [3.63, 3.8) is 0 Å². The Morgan fingerprint density at radius 1 is 1.11 bits per heavy atom. The maximum Gasteiger partial charge on any atom is 0.226 e. The fraction of sp³-hybridized carbons (Fsp3) is 0.621. The number of carbonyl (C=O) groups excluding carboxylic acids is 1. The van der Waals surface area contributed by atoms with E-state index in [1.165, 1.54) is 44.1 Å². The van der Waals surface area contributed by atoms with Gasteiger partial charge in [-0.3, -0.25) is 9.69 Å². The monoisotopic (exact) mass is 489 g/mol. The van der Waals surface area contributed by atoms with Gasteiger partial charge in [0.15, 0.2) is 0 Å². The molecule has 4 saturated carbocycles. The van der Waals surface area contributed by atoms with Crippen LogP contribution in [0.3, 0.4) is 0 Å². The molecule has 7 rings (SSSR count). The Balaban J connectivity index is 1.08. The lowest BCUT2D eigenvalue weighted by atomic mass is 9.49. The molecule has 7 heteroatoms. The van der Waals surface area contributed by atoms with Gasteiger partial charge in [0.1, 0.15) is 12.1 Å². The summed E-state index contributed by atoms with van der Waals surface area (Å²) < 4.78 is 0. The van der Waals surface area contributed by atoms with Crippen LogP contribution in [0, 0.1) is 23.2 Å². The summed E-state index contributed by atoms with van der Waals surface area (Å²) in [6.07, 6.45) is 11.1. The van der Waals surface area contributed by atoms with Crippen LogP contribution < -0.4 is 10.2 Å². The quantitative estimate of drug-likeness (QED) is 0.583. The second-order valence-electron chi connectivity index (χ2n) is 12.1. The Morgan fingerprint density at radius 2 is 1.81 bits per heavy atom. The van der Waals surface area contributed by atoms with Crippen molar-refractivity contribution in [2.24, 2.45) is 23.2 Å². The minimum absolute atomic E-state index is 0.145. The van der Waals surface area contributed by atoms with Gasteiger partial charge in [-0.15, -0.1) is 0 Å². The molecule has 36 heavy (non-hydrogen) atoms. The molecule has 4 bridgehead atoms. The van der Waals surface area contributed by atoms with E-state index in [9.17, 15) is 4.79 Å². The van der Waals surface area contributed by atoms with Crippen molar-refractivity contribution >= 4 is 17.4 Å². The summed E-state index contributed by atoms with van der Waals surface area (Å²) >= 11 is 0. The number of aromatic nitrogens is 2. The van der Waals surface area contributed by atoms with Gasteiger partial charge in [-0.2, -0.15) is 0 Å². The highest BCUT2D eigenvalue weighted by atomic mass is 16.3. The van der Waals surface area contributed by atoms with Crippen molar-refractivity contribution in [2.75, 3.05) is 37.0 Å². The lowest BCUT2D eigenvalue weighted by Crippen LogP contribution is -2.47. The molecule has 0 spiro atoms. The largest absolute Gasteiger partial charge is 0.395 e. The van der Waals surface area contributed by atoms with Crippen molar-refractivity contribution < 1.29 is 9.90 Å². The van der Waals surface area contributed by atoms with Gasteiger partial charge in [0.05, 0.1) is 12.3 Å². The zero-order valence-corrected chi connectivity index (χ0v) is 21.5. The van der Waals surface area contributed by atoms with Crippen LogP contribution in [0.25, 0.3) is 0 Å². The van der Waals surface area contributed by atoms with E-state index in [2.05, 4.69) is 49.4 Å². The Hall–Kier alpha value is -2.51. The average Bonchev–Trinajstić information content (AvgIpc) is 2.83. The number of carbonyl (C=O) groups is 1. The molecule has 192 valence electrons. The highest BCUT2D eigenvalue weighted by Crippen LogP contribution is 2.61. The fourth-order valence-corrected chi connectivity index (χ4v) is 8.07. The first-order valence-corrected chi connectivity index (χ1v) is 13.7. The second kappa shape index (κ2) is 9.75. The number of amides is 1. The number of likely N-dealkylation sites (N-methyl/N-ethyl adjacent to an activating group) is 1. The van der Waals surface area contributed by atoms with Crippen LogP contribution in [-0.2, 0) is 24.3 Å². The minimum Gasteiger partial charge on any atom is -0.395 e. The number of benzene rings is 1. The molecule has 1 aromatic heterocycles. The SMILES string of the molecule is CN(CCO)c1ccc(CN2CCc3c(ncnc3NC(=O)CC34CC5CC(CC(C5)C3)C4)C2)cc1. The summed E-state index contributed by atoms with van der Waals surface area (Å²) in [4.78, 5) is 26.7. The average molecular weight is 490 g/mol. The van der Waals surface area contributed by atoms with Crippen molar-refractivity contribution in [3.05, 3.63) is 47.4 Å². The lowest BCUT2D eigenvalue weighted by molar-refractivity contribution is -0.124. The third-order valence-electron chi connectivity index (χ3n) is 9.26. The molecule has 0 saturated heterocycles. The van der Waals surface area contributed by atoms with E-state index in [0.29, 0.717) is 13.0 Å². The molecule has 1 amide bonds. The van der Waals surface area contributed by atoms with E-state index in [4.69, 9.17) is 5.11 Å². The van der Waals surface area contributed by atoms with Crippen LogP contribution in [0.15, 0.2) is 30.6 Å². The Morgan fingerprint density at radius 3 is 2.47 bits per heavy atom. The predicted molar refractivity (Wildman–Crippen MR) is 140 cm³/mol. The zero-order chi connectivity index (χ0) is 24.7. The minimum atomic E-state index is 0.145. The van der Waals surface area contributed by atoms with Crippen molar-refractivity contribution in [1.82, 2.24) is 14.9 Å². The number of fused-ring (bicyclic) bond motifs is 1. The summed E-state index contributed by atoms with van der Waals surface area (Å²) in [5.41, 5.74) is 4.75. The molecule has 1 aliphatic heterocycles. The molecule has 5 aliphatic rings. The second-order valence-corrected chi connectivity index (χ2v) is 12.1. The van der Waals surface area contributed by atoms with Crippen LogP contribution in [0.2, 0.25) is 0 Å². The van der Waals surface area contributed by atoms with Gasteiger partial charge in [0.2, 0.25) is 5.91 Å². The Kier molecular flexibility index (Phi) is 6.46. The third-order valence-corrected chi connectivity index (χ3v) is 9.26. The first-order chi connectivity index (χ1) is 17.5. The van der Waals surface area contributed by atoms with E-state index in [-0.39, 0.29) is 17.9 Å². The van der Waals surface area contributed by atoms with Gasteiger partial charge in [0.25, 0.3) is 0 Å². The van der Waals surface area contributed by atoms with Crippen LogP contribution in [-0.4, -0.2) is 52.6 Å². The van der Waals surface area contributed by atoms with E-state index >= 15 is 0 Å². The molecule has 0 radical (unpaired) electrons. The number of anilines is 2. The zero-order valence-electron chi connectivity index (χ0n) is 21.5. The first kappa shape index (κ1) is 23.9. The number of rotatable bonds is 8. The standard InChI is InChI=1S/C29H39N5O2/c1-33(8-9-35)24-4-2-20(3-5-24)17-34-7-6-25-26(18-34)30-19-31-28(25)32-27(36)16-29-13-21-10-22(14-29)12-23(11-21)15-29/h2-5,19,21-23,35H,6-18H2,1H3,(H,30,31,32,36). The summed E-state index contributed by atoms with van der Waals surface area (Å²) in [7, 11) is 1.99. The highest BCUT2D eigenvalue weighted by Gasteiger charge is 2.51. The van der Waals surface area contributed by atoms with Crippen LogP contribution in [0.4, 0.5) is 11.5 Å². The smallest absolute Gasteiger partial charge is 0.226 e. The number of hydrogen-bond acceptors (Lipinski definition) is 6. The Labute approximate surface area is 214 Å². The number of nitrogens with zero attached hydrogens (tertiary/aromatic N) is 4. The number of nitrogens with one attached hydrogen (secondary N) is 1. The number of hydrogen-bond donors (Lipinski definition) is 2. The topological polar surface area (TPSA) is 81.6 Å². The molecule has 2 heterocycles. The summed E-state index contributed by atoms with van der Waals surface area (Å²) in [6, 6.07) is 8.55. The van der Waals surface area contributed by atoms with E-state index in [1.807, 2.05) is 7.05 Å². The first-order valence-electron chi connectivity index (χ1n) is 13.7. The molecule has 1 aromatic carbocycles. The maximum atomic E-state index is 13.2. The Bertz CT molecular complexity index is 1070. The number of aliphatic hydroxyl groups is 1. The van der Waals surface area contributed by atoms with Crippen molar-refractivity contribution in [3.8, 4) is 0 Å². The summed E-state index contributed by atoms with van der Waals surface area (Å²) in [5, 5.41) is 12.4. The van der Waals surface area contributed by atoms with Crippen molar-refractivity contribution in [1.29, 1.82) is 0 Å². The van der Waals surface area contributed by atoms with E-state index < -0.39 is 0 Å². The molecule has 2 N–H and O–H groups in total. The van der Waals surface area contributed by atoms with Crippen molar-refractivity contribution in [2.45, 2.75) is 64.5 Å². The maximum absolute atomic E-state index is 13.2. The third kappa shape index (κ3) is 4.88. The van der Waals surface area contributed by atoms with Gasteiger partial charge in [-0.05, 0) is 85.8 Å². The summed E-state index contributed by atoms with van der Waals surface area (Å²) in [6.45, 7) is 3.33. The van der Waals surface area contributed by atoms with Crippen LogP contribution >= 0.6 is 0 Å². The fourth-order valence-electron chi connectivity index (χ4n) is 8.07. The molecule has 4 aliphatic carbocycles. The van der Waals surface area contributed by atoms with Gasteiger partial charge in [-0.25, -0.2) is 9.97 Å². The molecule has 4 fully saturated rings. The normalized spacial score (nSPS) is 28.7. The molecular formula is C29H39N5O2. The highest BCUT2D eigenvalue weighted by molar-refractivity contribution is 5.91. The molecule has 2 aromatic rings. The van der Waals surface area contributed by atoms with E-state index in [0.717, 1.165) is 66.6 Å². The van der Waals surface area contributed by atoms with Gasteiger partial charge in [-0.1, -0.05) is 12.1 Å². The van der Waals surface area contributed by atoms with Crippen LogP contribution in [0.1, 0.15) is 61.8 Å².